The van der Waals surface area contributed by atoms with Crippen LogP contribution in [0.2, 0.25) is 0 Å². The third-order valence-electron chi connectivity index (χ3n) is 6.39. The Morgan fingerprint density at radius 2 is 1.72 bits per heavy atom. The first kappa shape index (κ1) is 29.2. The fraction of sp³-hybridized carbons (Fsp3) is 0.167. The molecule has 220 valence electrons. The summed E-state index contributed by atoms with van der Waals surface area (Å²) in [4.78, 5) is 52.4. The van der Waals surface area contributed by atoms with E-state index in [1.807, 2.05) is 0 Å². The summed E-state index contributed by atoms with van der Waals surface area (Å²) in [5.74, 6) is -2.12. The van der Waals surface area contributed by atoms with Crippen LogP contribution >= 0.6 is 11.3 Å². The molecule has 2 aromatic carbocycles. The molecule has 0 aliphatic heterocycles. The largest absolute Gasteiger partial charge is 0.459 e. The number of carbonyl (C=O) groups excluding carboxylic acids is 4. The van der Waals surface area contributed by atoms with Crippen LogP contribution in [-0.2, 0) is 10.3 Å². The quantitative estimate of drug-likeness (QED) is 0.197. The molecular weight excluding hydrogens is 577 g/mol. The number of anilines is 2. The molecule has 3 heterocycles. The molecule has 43 heavy (non-hydrogen) atoms. The second-order valence-electron chi connectivity index (χ2n) is 9.78. The molecule has 0 radical (unpaired) electrons. The van der Waals surface area contributed by atoms with Crippen LogP contribution in [0.3, 0.4) is 0 Å². The van der Waals surface area contributed by atoms with Crippen molar-refractivity contribution in [3.63, 3.8) is 0 Å². The summed E-state index contributed by atoms with van der Waals surface area (Å²) in [6.07, 6.45) is 0.550. The lowest BCUT2D eigenvalue weighted by Crippen LogP contribution is -2.41. The molecule has 5 aromatic rings. The molecule has 5 rings (SSSR count). The van der Waals surface area contributed by atoms with Crippen LogP contribution in [0.4, 0.5) is 20.7 Å². The fourth-order valence-corrected chi connectivity index (χ4v) is 5.35. The van der Waals surface area contributed by atoms with Gasteiger partial charge in [-0.1, -0.05) is 30.3 Å². The number of fused-ring (bicyclic) bond motifs is 1. The SMILES string of the molecule is CCOC(=O)n1nc(NC(=O)c2ccccc2NC(=O)c2ccco2)c2cc(C(=O)NC(C)(C)c3ccccc3F)sc21. The van der Waals surface area contributed by atoms with E-state index in [4.69, 9.17) is 9.15 Å². The van der Waals surface area contributed by atoms with Crippen molar-refractivity contribution in [3.05, 3.63) is 101 Å². The smallest absolute Gasteiger partial charge is 0.436 e. The third-order valence-corrected chi connectivity index (χ3v) is 7.50. The van der Waals surface area contributed by atoms with Crippen LogP contribution in [0.25, 0.3) is 10.2 Å². The molecule has 0 saturated carbocycles. The zero-order valence-corrected chi connectivity index (χ0v) is 24.1. The molecule has 0 saturated heterocycles. The van der Waals surface area contributed by atoms with Gasteiger partial charge in [-0.3, -0.25) is 14.4 Å². The zero-order chi connectivity index (χ0) is 30.7. The minimum Gasteiger partial charge on any atom is -0.459 e. The summed E-state index contributed by atoms with van der Waals surface area (Å²) in [6.45, 7) is 5.04. The number of hydrogen-bond acceptors (Lipinski definition) is 8. The van der Waals surface area contributed by atoms with E-state index in [1.165, 1.54) is 30.5 Å². The zero-order valence-electron chi connectivity index (χ0n) is 23.3. The Morgan fingerprint density at radius 1 is 0.977 bits per heavy atom. The molecule has 11 nitrogen and oxygen atoms in total. The van der Waals surface area contributed by atoms with E-state index >= 15 is 0 Å². The van der Waals surface area contributed by atoms with Crippen molar-refractivity contribution in [3.8, 4) is 0 Å². The van der Waals surface area contributed by atoms with Crippen molar-refractivity contribution in [2.45, 2.75) is 26.3 Å². The van der Waals surface area contributed by atoms with Crippen LogP contribution < -0.4 is 16.0 Å². The average Bonchev–Trinajstić information content (AvgIpc) is 3.72. The van der Waals surface area contributed by atoms with E-state index in [-0.39, 0.29) is 39.1 Å². The lowest BCUT2D eigenvalue weighted by molar-refractivity contribution is 0.0913. The Hall–Kier alpha value is -5.30. The van der Waals surface area contributed by atoms with Gasteiger partial charge in [-0.05, 0) is 57.2 Å². The maximum absolute atomic E-state index is 14.5. The Bertz CT molecular complexity index is 1840. The molecule has 0 aliphatic carbocycles. The van der Waals surface area contributed by atoms with Gasteiger partial charge in [-0.2, -0.15) is 4.68 Å². The van der Waals surface area contributed by atoms with Crippen LogP contribution in [0.5, 0.6) is 0 Å². The van der Waals surface area contributed by atoms with Gasteiger partial charge >= 0.3 is 6.09 Å². The predicted octanol–water partition coefficient (Wildman–Crippen LogP) is 6.00. The maximum Gasteiger partial charge on any atom is 0.436 e. The van der Waals surface area contributed by atoms with Crippen molar-refractivity contribution in [2.24, 2.45) is 0 Å². The number of nitrogens with zero attached hydrogens (tertiary/aromatic N) is 2. The Balaban J connectivity index is 1.45. The van der Waals surface area contributed by atoms with E-state index in [2.05, 4.69) is 21.0 Å². The summed E-state index contributed by atoms with van der Waals surface area (Å²) in [6, 6.07) is 17.0. The first-order valence-corrected chi connectivity index (χ1v) is 13.9. The number of furan rings is 1. The number of hydrogen-bond donors (Lipinski definition) is 3. The molecule has 3 N–H and O–H groups in total. The molecule has 0 spiro atoms. The molecule has 13 heteroatoms. The minimum absolute atomic E-state index is 0.0103. The van der Waals surface area contributed by atoms with Crippen LogP contribution in [-0.4, -0.2) is 40.2 Å². The first-order chi connectivity index (χ1) is 20.6. The van der Waals surface area contributed by atoms with Gasteiger partial charge in [0.1, 0.15) is 10.6 Å². The topological polar surface area (TPSA) is 145 Å². The van der Waals surface area contributed by atoms with Crippen molar-refractivity contribution in [2.75, 3.05) is 17.2 Å². The highest BCUT2D eigenvalue weighted by Gasteiger charge is 2.29. The number of halogens is 1. The summed E-state index contributed by atoms with van der Waals surface area (Å²) >= 11 is 0.955. The van der Waals surface area contributed by atoms with E-state index < -0.39 is 35.2 Å². The number of rotatable bonds is 8. The van der Waals surface area contributed by atoms with Crippen LogP contribution in [0.15, 0.2) is 77.4 Å². The lowest BCUT2D eigenvalue weighted by Gasteiger charge is -2.27. The van der Waals surface area contributed by atoms with Gasteiger partial charge in [0.2, 0.25) is 0 Å². The second kappa shape index (κ2) is 11.9. The van der Waals surface area contributed by atoms with Gasteiger partial charge in [-0.25, -0.2) is 9.18 Å². The molecule has 0 atom stereocenters. The Morgan fingerprint density at radius 3 is 2.44 bits per heavy atom. The monoisotopic (exact) mass is 603 g/mol. The fourth-order valence-electron chi connectivity index (χ4n) is 4.36. The highest BCUT2D eigenvalue weighted by atomic mass is 32.1. The number of nitrogens with one attached hydrogen (secondary N) is 3. The summed E-state index contributed by atoms with van der Waals surface area (Å²) in [5, 5.41) is 12.7. The molecule has 3 aromatic heterocycles. The molecule has 0 unspecified atom stereocenters. The second-order valence-corrected chi connectivity index (χ2v) is 10.8. The van der Waals surface area contributed by atoms with Crippen molar-refractivity contribution >= 4 is 56.9 Å². The number of benzene rings is 2. The minimum atomic E-state index is -1.06. The molecule has 0 bridgehead atoms. The van der Waals surface area contributed by atoms with Crippen LogP contribution in [0.1, 0.15) is 56.9 Å². The van der Waals surface area contributed by atoms with Gasteiger partial charge in [-0.15, -0.1) is 16.4 Å². The number of amides is 3. The van der Waals surface area contributed by atoms with Gasteiger partial charge in [0, 0.05) is 5.56 Å². The average molecular weight is 604 g/mol. The van der Waals surface area contributed by atoms with Crippen LogP contribution in [0, 0.1) is 5.82 Å². The predicted molar refractivity (Wildman–Crippen MR) is 158 cm³/mol. The molecular formula is C30H26FN5O6S. The van der Waals surface area contributed by atoms with E-state index in [1.54, 1.807) is 63.2 Å². The Labute approximate surface area is 248 Å². The molecule has 0 fully saturated rings. The van der Waals surface area contributed by atoms with Gasteiger partial charge in [0.25, 0.3) is 17.7 Å². The van der Waals surface area contributed by atoms with Crippen molar-refractivity contribution in [1.82, 2.24) is 15.1 Å². The number of aromatic nitrogens is 2. The highest BCUT2D eigenvalue weighted by Crippen LogP contribution is 2.33. The third kappa shape index (κ3) is 6.02. The van der Waals surface area contributed by atoms with Crippen molar-refractivity contribution in [1.29, 1.82) is 0 Å². The normalized spacial score (nSPS) is 11.3. The highest BCUT2D eigenvalue weighted by molar-refractivity contribution is 7.20. The standard InChI is InChI=1S/C30H26FN5O6S/c1-4-41-29(40)36-28-18(16-23(43-28)27(39)34-30(2,3)19-11-6-7-12-20(19)31)24(35-36)33-25(37)17-10-5-8-13-21(17)32-26(38)22-14-9-15-42-22/h5-16H,4H2,1-3H3,(H,32,38)(H,34,39)(H,33,35,37). The van der Waals surface area contributed by atoms with Gasteiger partial charge < -0.3 is 25.1 Å². The summed E-state index contributed by atoms with van der Waals surface area (Å²) in [7, 11) is 0. The first-order valence-electron chi connectivity index (χ1n) is 13.1. The summed E-state index contributed by atoms with van der Waals surface area (Å²) in [5.41, 5.74) is -0.440. The Kier molecular flexibility index (Phi) is 8.08. The number of thiophene rings is 1. The molecule has 0 aliphatic rings. The molecule has 3 amide bonds. The van der Waals surface area contributed by atoms with E-state index in [9.17, 15) is 23.6 Å². The number of carbonyl (C=O) groups is 4. The van der Waals surface area contributed by atoms with Gasteiger partial charge in [0.15, 0.2) is 11.6 Å². The number of para-hydroxylation sites is 1. The summed E-state index contributed by atoms with van der Waals surface area (Å²) < 4.78 is 25.7. The number of ether oxygens (including phenoxy) is 1. The maximum atomic E-state index is 14.5. The van der Waals surface area contributed by atoms with E-state index in [0.717, 1.165) is 16.0 Å². The lowest BCUT2D eigenvalue weighted by atomic mass is 9.93. The van der Waals surface area contributed by atoms with Crippen molar-refractivity contribution < 1.29 is 32.7 Å². The van der Waals surface area contributed by atoms with E-state index in [0.29, 0.717) is 10.9 Å². The van der Waals surface area contributed by atoms with Gasteiger partial charge in [0.05, 0.1) is 39.9 Å².